The molecule has 1 fully saturated rings. The summed E-state index contributed by atoms with van der Waals surface area (Å²) in [5, 5.41) is 5.34. The zero-order valence-electron chi connectivity index (χ0n) is 17.1. The van der Waals surface area contributed by atoms with Gasteiger partial charge in [0.1, 0.15) is 17.0 Å². The van der Waals surface area contributed by atoms with E-state index in [1.165, 1.54) is 6.07 Å². The van der Waals surface area contributed by atoms with E-state index < -0.39 is 0 Å². The molecule has 0 spiro atoms. The first-order valence-electron chi connectivity index (χ1n) is 9.92. The van der Waals surface area contributed by atoms with E-state index in [0.717, 1.165) is 24.2 Å². The van der Waals surface area contributed by atoms with Gasteiger partial charge in [-0.05, 0) is 44.2 Å². The normalized spacial score (nSPS) is 14.4. The first-order chi connectivity index (χ1) is 14.4. The lowest BCUT2D eigenvalue weighted by atomic mass is 10.1. The van der Waals surface area contributed by atoms with Gasteiger partial charge in [0.2, 0.25) is 5.95 Å². The van der Waals surface area contributed by atoms with Gasteiger partial charge >= 0.3 is 0 Å². The first-order valence-corrected chi connectivity index (χ1v) is 9.92. The Hall–Kier alpha value is -3.17. The molecule has 0 saturated carbocycles. The van der Waals surface area contributed by atoms with E-state index in [0.29, 0.717) is 35.8 Å². The van der Waals surface area contributed by atoms with Crippen molar-refractivity contribution in [2.45, 2.75) is 19.9 Å². The highest BCUT2D eigenvalue weighted by atomic mass is 19.1. The van der Waals surface area contributed by atoms with Crippen molar-refractivity contribution in [2.75, 3.05) is 47.3 Å². The van der Waals surface area contributed by atoms with Crippen molar-refractivity contribution < 1.29 is 9.13 Å². The van der Waals surface area contributed by atoms with Crippen LogP contribution in [0.3, 0.4) is 0 Å². The minimum Gasteiger partial charge on any atom is -0.397 e. The Morgan fingerprint density at radius 3 is 2.67 bits per heavy atom. The Morgan fingerprint density at radius 2 is 1.97 bits per heavy atom. The van der Waals surface area contributed by atoms with Crippen molar-refractivity contribution >= 4 is 39.6 Å². The van der Waals surface area contributed by atoms with Crippen LogP contribution in [0.5, 0.6) is 0 Å². The second-order valence-electron chi connectivity index (χ2n) is 7.52. The lowest BCUT2D eigenvalue weighted by Crippen LogP contribution is -2.38. The molecule has 8 nitrogen and oxygen atoms in total. The Bertz CT molecular complexity index is 1050. The number of nitrogens with one attached hydrogen (secondary N) is 1. The van der Waals surface area contributed by atoms with Crippen LogP contribution in [0.25, 0.3) is 10.9 Å². The highest BCUT2D eigenvalue weighted by Crippen LogP contribution is 2.32. The molecule has 1 aliphatic rings. The summed E-state index contributed by atoms with van der Waals surface area (Å²) >= 11 is 0. The first kappa shape index (κ1) is 20.1. The second-order valence-corrected chi connectivity index (χ2v) is 7.52. The second kappa shape index (κ2) is 8.29. The molecule has 9 heteroatoms. The number of hydrazine groups is 1. The minimum atomic E-state index is -0.377. The van der Waals surface area contributed by atoms with Crippen molar-refractivity contribution in [1.29, 1.82) is 0 Å². The van der Waals surface area contributed by atoms with Gasteiger partial charge in [-0.15, -0.1) is 0 Å². The fourth-order valence-electron chi connectivity index (χ4n) is 3.43. The fourth-order valence-corrected chi connectivity index (χ4v) is 3.43. The number of halogens is 1. The topological polar surface area (TPSA) is 106 Å². The summed E-state index contributed by atoms with van der Waals surface area (Å²) in [4.78, 5) is 11.0. The zero-order chi connectivity index (χ0) is 21.3. The third-order valence-corrected chi connectivity index (χ3v) is 5.15. The SMILES string of the molecule is CC(C)N(N)c1c(N)ccc2cnc(Nc3ccc(N4CCOCC4)cc3F)nc12. The van der Waals surface area contributed by atoms with Crippen LogP contribution < -0.4 is 26.8 Å². The molecule has 2 heterocycles. The third kappa shape index (κ3) is 3.94. The van der Waals surface area contributed by atoms with Gasteiger partial charge in [-0.2, -0.15) is 0 Å². The molecule has 158 valence electrons. The highest BCUT2D eigenvalue weighted by Gasteiger charge is 2.17. The molecule has 1 aromatic heterocycles. The molecule has 30 heavy (non-hydrogen) atoms. The summed E-state index contributed by atoms with van der Waals surface area (Å²) in [6, 6.07) is 8.72. The fraction of sp³-hybridized carbons (Fsp3) is 0.333. The van der Waals surface area contributed by atoms with E-state index in [4.69, 9.17) is 16.3 Å². The van der Waals surface area contributed by atoms with E-state index in [2.05, 4.69) is 20.2 Å². The number of hydrogen-bond donors (Lipinski definition) is 3. The number of nitrogen functional groups attached to an aromatic ring is 1. The number of benzene rings is 2. The predicted octanol–water partition coefficient (Wildman–Crippen LogP) is 3.02. The highest BCUT2D eigenvalue weighted by molar-refractivity contribution is 5.97. The summed E-state index contributed by atoms with van der Waals surface area (Å²) in [5.41, 5.74) is 9.03. The van der Waals surface area contributed by atoms with Gasteiger partial charge in [0.25, 0.3) is 0 Å². The van der Waals surface area contributed by atoms with E-state index in [1.54, 1.807) is 23.3 Å². The van der Waals surface area contributed by atoms with Crippen molar-refractivity contribution in [1.82, 2.24) is 9.97 Å². The Balaban J connectivity index is 1.64. The van der Waals surface area contributed by atoms with Gasteiger partial charge in [0.05, 0.1) is 24.6 Å². The maximum atomic E-state index is 14.8. The summed E-state index contributed by atoms with van der Waals surface area (Å²) in [6.07, 6.45) is 1.67. The van der Waals surface area contributed by atoms with Gasteiger partial charge in [0, 0.05) is 36.4 Å². The van der Waals surface area contributed by atoms with E-state index >= 15 is 0 Å². The lowest BCUT2D eigenvalue weighted by Gasteiger charge is -2.29. The molecule has 5 N–H and O–H groups in total. The molecular weight excluding hydrogens is 385 g/mol. The maximum Gasteiger partial charge on any atom is 0.227 e. The number of ether oxygens (including phenoxy) is 1. The molecule has 0 bridgehead atoms. The quantitative estimate of drug-likeness (QED) is 0.334. The van der Waals surface area contributed by atoms with Crippen LogP contribution >= 0.6 is 0 Å². The van der Waals surface area contributed by atoms with Crippen LogP contribution in [0.2, 0.25) is 0 Å². The van der Waals surface area contributed by atoms with Gasteiger partial charge in [-0.1, -0.05) is 0 Å². The summed E-state index contributed by atoms with van der Waals surface area (Å²) in [6.45, 7) is 6.71. The third-order valence-electron chi connectivity index (χ3n) is 5.15. The molecule has 2 aromatic carbocycles. The van der Waals surface area contributed by atoms with Gasteiger partial charge in [-0.3, -0.25) is 0 Å². The number of nitrogens with zero attached hydrogens (tertiary/aromatic N) is 4. The number of rotatable bonds is 5. The maximum absolute atomic E-state index is 14.8. The van der Waals surface area contributed by atoms with E-state index in [-0.39, 0.29) is 17.8 Å². The van der Waals surface area contributed by atoms with Crippen molar-refractivity contribution in [2.24, 2.45) is 5.84 Å². The molecule has 0 amide bonds. The molecule has 1 aliphatic heterocycles. The number of hydrogen-bond acceptors (Lipinski definition) is 8. The largest absolute Gasteiger partial charge is 0.397 e. The van der Waals surface area contributed by atoms with Gasteiger partial charge in [-0.25, -0.2) is 20.2 Å². The van der Waals surface area contributed by atoms with Crippen LogP contribution in [0.15, 0.2) is 36.5 Å². The predicted molar refractivity (Wildman–Crippen MR) is 118 cm³/mol. The summed E-state index contributed by atoms with van der Waals surface area (Å²) < 4.78 is 20.1. The average Bonchev–Trinajstić information content (AvgIpc) is 2.75. The van der Waals surface area contributed by atoms with E-state index in [9.17, 15) is 4.39 Å². The molecule has 4 rings (SSSR count). The van der Waals surface area contributed by atoms with Gasteiger partial charge in [0.15, 0.2) is 0 Å². The van der Waals surface area contributed by atoms with Crippen molar-refractivity contribution in [3.8, 4) is 0 Å². The molecule has 3 aromatic rings. The monoisotopic (exact) mass is 411 g/mol. The minimum absolute atomic E-state index is 0.0226. The summed E-state index contributed by atoms with van der Waals surface area (Å²) in [7, 11) is 0. The lowest BCUT2D eigenvalue weighted by molar-refractivity contribution is 0.122. The Labute approximate surface area is 174 Å². The molecule has 0 radical (unpaired) electrons. The average molecular weight is 411 g/mol. The van der Waals surface area contributed by atoms with Crippen LogP contribution in [-0.4, -0.2) is 42.3 Å². The molecular formula is C21H26FN7O. The molecule has 0 atom stereocenters. The van der Waals surface area contributed by atoms with Crippen LogP contribution in [0.1, 0.15) is 13.8 Å². The number of morpholine rings is 1. The number of fused-ring (bicyclic) bond motifs is 1. The van der Waals surface area contributed by atoms with Crippen LogP contribution in [-0.2, 0) is 4.74 Å². The van der Waals surface area contributed by atoms with Crippen LogP contribution in [0.4, 0.5) is 33.1 Å². The van der Waals surface area contributed by atoms with Crippen molar-refractivity contribution in [3.05, 3.63) is 42.3 Å². The standard InChI is InChI=1S/C21H26FN7O/c1-13(2)29(24)20-17(23)5-3-14-12-25-21(27-19(14)20)26-18-6-4-15(11-16(18)22)28-7-9-30-10-8-28/h3-6,11-13H,7-10,23-24H2,1-2H3,(H,25,26,27). The molecule has 0 aliphatic carbocycles. The van der Waals surface area contributed by atoms with Gasteiger partial charge < -0.3 is 25.7 Å². The van der Waals surface area contributed by atoms with E-state index in [1.807, 2.05) is 26.0 Å². The Morgan fingerprint density at radius 1 is 1.20 bits per heavy atom. The van der Waals surface area contributed by atoms with Crippen LogP contribution in [0, 0.1) is 5.82 Å². The summed E-state index contributed by atoms with van der Waals surface area (Å²) in [5.74, 6) is 6.11. The van der Waals surface area contributed by atoms with Crippen molar-refractivity contribution in [3.63, 3.8) is 0 Å². The molecule has 1 saturated heterocycles. The number of anilines is 5. The number of nitrogens with two attached hydrogens (primary N) is 2. The smallest absolute Gasteiger partial charge is 0.227 e. The molecule has 0 unspecified atom stereocenters. The number of aromatic nitrogens is 2. The Kier molecular flexibility index (Phi) is 5.56. The zero-order valence-corrected chi connectivity index (χ0v) is 17.1.